The van der Waals surface area contributed by atoms with Crippen molar-refractivity contribution in [1.29, 1.82) is 0 Å². The molecule has 0 aliphatic heterocycles. The number of benzene rings is 1. The normalized spacial score (nSPS) is 11.1. The van der Waals surface area contributed by atoms with Crippen molar-refractivity contribution >= 4 is 24.1 Å². The summed E-state index contributed by atoms with van der Waals surface area (Å²) >= 11 is 0. The minimum Gasteiger partial charge on any atom is -0.330 e. The molecular weight excluding hydrogens is 381 g/mol. The highest BCUT2D eigenvalue weighted by Crippen LogP contribution is 2.31. The van der Waals surface area contributed by atoms with Gasteiger partial charge in [0, 0.05) is 12.5 Å². The Morgan fingerprint density at radius 2 is 1.89 bits per heavy atom. The molecule has 1 amide bonds. The Morgan fingerprint density at radius 3 is 2.56 bits per heavy atom. The van der Waals surface area contributed by atoms with Crippen molar-refractivity contribution < 1.29 is 18.0 Å². The number of anilines is 1. The third-order valence-electron chi connectivity index (χ3n) is 3.88. The summed E-state index contributed by atoms with van der Waals surface area (Å²) in [4.78, 5) is 12.1. The van der Waals surface area contributed by atoms with E-state index in [1.165, 1.54) is 16.8 Å². The lowest BCUT2D eigenvalue weighted by atomic mass is 10.1. The molecule has 2 rings (SSSR count). The largest absolute Gasteiger partial charge is 0.416 e. The molecule has 27 heavy (non-hydrogen) atoms. The molecule has 0 fully saturated rings. The lowest BCUT2D eigenvalue weighted by molar-refractivity contribution is -0.137. The minimum absolute atomic E-state index is 0. The number of halogens is 4. The average Bonchev–Trinajstić information content (AvgIpc) is 2.94. The predicted octanol–water partition coefficient (Wildman–Crippen LogP) is 4.47. The summed E-state index contributed by atoms with van der Waals surface area (Å²) in [5, 5.41) is 6.93. The van der Waals surface area contributed by atoms with Crippen LogP contribution in [0.15, 0.2) is 30.3 Å². The number of aryl methyl sites for hydroxylation is 1. The highest BCUT2D eigenvalue weighted by atomic mass is 35.5. The van der Waals surface area contributed by atoms with Crippen molar-refractivity contribution in [3.63, 3.8) is 0 Å². The molecule has 1 heterocycles. The number of nitrogens with two attached hydrogens (primary N) is 1. The molecule has 0 spiro atoms. The SMILES string of the molecule is Cc1cc(NC(=O)CCCCCCN)n(-c2cccc(C(F)(F)F)c2)n1.Cl. The van der Waals surface area contributed by atoms with E-state index in [-0.39, 0.29) is 24.0 Å². The summed E-state index contributed by atoms with van der Waals surface area (Å²) in [5.41, 5.74) is 5.50. The highest BCUT2D eigenvalue weighted by Gasteiger charge is 2.30. The van der Waals surface area contributed by atoms with Crippen molar-refractivity contribution in [3.8, 4) is 5.69 Å². The number of nitrogens with zero attached hydrogens (tertiary/aromatic N) is 2. The molecule has 2 aromatic rings. The third kappa shape index (κ3) is 6.88. The molecule has 0 unspecified atom stereocenters. The third-order valence-corrected chi connectivity index (χ3v) is 3.88. The molecule has 0 aliphatic carbocycles. The van der Waals surface area contributed by atoms with E-state index in [1.807, 2.05) is 0 Å². The average molecular weight is 405 g/mol. The van der Waals surface area contributed by atoms with Gasteiger partial charge in [-0.2, -0.15) is 18.3 Å². The Bertz CT molecular complexity index is 746. The number of amides is 1. The van der Waals surface area contributed by atoms with Crippen LogP contribution in [0, 0.1) is 6.92 Å². The topological polar surface area (TPSA) is 72.9 Å². The van der Waals surface area contributed by atoms with Gasteiger partial charge in [0.2, 0.25) is 5.91 Å². The van der Waals surface area contributed by atoms with Crippen molar-refractivity contribution in [3.05, 3.63) is 41.6 Å². The summed E-state index contributed by atoms with van der Waals surface area (Å²) in [6.07, 6.45) is -0.532. The van der Waals surface area contributed by atoms with Gasteiger partial charge in [0.15, 0.2) is 0 Å². The lowest BCUT2D eigenvalue weighted by Crippen LogP contribution is -2.15. The van der Waals surface area contributed by atoms with Crippen LogP contribution < -0.4 is 11.1 Å². The molecule has 0 bridgehead atoms. The van der Waals surface area contributed by atoms with Crippen LogP contribution in [0.1, 0.15) is 43.4 Å². The molecule has 0 aliphatic rings. The van der Waals surface area contributed by atoms with Gasteiger partial charge in [0.25, 0.3) is 0 Å². The zero-order valence-corrected chi connectivity index (χ0v) is 15.9. The Morgan fingerprint density at radius 1 is 1.19 bits per heavy atom. The van der Waals surface area contributed by atoms with E-state index in [2.05, 4.69) is 10.4 Å². The molecule has 5 nitrogen and oxygen atoms in total. The molecule has 0 saturated heterocycles. The van der Waals surface area contributed by atoms with Crippen LogP contribution in [0.4, 0.5) is 19.0 Å². The highest BCUT2D eigenvalue weighted by molar-refractivity contribution is 5.90. The van der Waals surface area contributed by atoms with Crippen molar-refractivity contribution in [1.82, 2.24) is 9.78 Å². The summed E-state index contributed by atoms with van der Waals surface area (Å²) in [6, 6.07) is 6.48. The van der Waals surface area contributed by atoms with E-state index in [4.69, 9.17) is 5.73 Å². The van der Waals surface area contributed by atoms with E-state index in [1.54, 1.807) is 13.0 Å². The van der Waals surface area contributed by atoms with Crippen LogP contribution in [0.25, 0.3) is 5.69 Å². The smallest absolute Gasteiger partial charge is 0.330 e. The van der Waals surface area contributed by atoms with Gasteiger partial charge in [-0.25, -0.2) is 4.68 Å². The number of unbranched alkanes of at least 4 members (excludes halogenated alkanes) is 3. The van der Waals surface area contributed by atoms with Gasteiger partial charge in [-0.15, -0.1) is 12.4 Å². The molecule has 1 aromatic carbocycles. The quantitative estimate of drug-likeness (QED) is 0.637. The fourth-order valence-electron chi connectivity index (χ4n) is 2.59. The van der Waals surface area contributed by atoms with E-state index < -0.39 is 11.7 Å². The summed E-state index contributed by atoms with van der Waals surface area (Å²) in [5.74, 6) is 0.166. The maximum Gasteiger partial charge on any atom is 0.416 e. The first-order valence-electron chi connectivity index (χ1n) is 8.55. The van der Waals surface area contributed by atoms with Crippen LogP contribution in [0.2, 0.25) is 0 Å². The maximum atomic E-state index is 12.9. The van der Waals surface area contributed by atoms with Crippen LogP contribution in [-0.4, -0.2) is 22.2 Å². The Balaban J connectivity index is 0.00000364. The molecule has 9 heteroatoms. The second-order valence-corrected chi connectivity index (χ2v) is 6.13. The molecule has 1 aromatic heterocycles. The summed E-state index contributed by atoms with van der Waals surface area (Å²) in [6.45, 7) is 2.36. The van der Waals surface area contributed by atoms with Crippen LogP contribution in [-0.2, 0) is 11.0 Å². The molecule has 0 saturated carbocycles. The molecule has 0 radical (unpaired) electrons. The molecule has 3 N–H and O–H groups in total. The number of rotatable bonds is 8. The number of carbonyl (C=O) groups excluding carboxylic acids is 1. The van der Waals surface area contributed by atoms with E-state index in [9.17, 15) is 18.0 Å². The Kier molecular flexibility index (Phi) is 8.78. The van der Waals surface area contributed by atoms with Gasteiger partial charge >= 0.3 is 6.18 Å². The fraction of sp³-hybridized carbons (Fsp3) is 0.444. The maximum absolute atomic E-state index is 12.9. The second kappa shape index (κ2) is 10.3. The standard InChI is InChI=1S/C18H23F3N4O.ClH/c1-13-11-16(23-17(26)9-4-2-3-5-10-22)25(24-13)15-8-6-7-14(12-15)18(19,20)21;/h6-8,11-12H,2-5,9-10,22H2,1H3,(H,23,26);1H. The second-order valence-electron chi connectivity index (χ2n) is 6.13. The van der Waals surface area contributed by atoms with Gasteiger partial charge in [-0.3, -0.25) is 4.79 Å². The number of hydrogen-bond donors (Lipinski definition) is 2. The van der Waals surface area contributed by atoms with E-state index in [0.717, 1.165) is 37.8 Å². The summed E-state index contributed by atoms with van der Waals surface area (Å²) in [7, 11) is 0. The van der Waals surface area contributed by atoms with Crippen molar-refractivity contribution in [2.24, 2.45) is 5.73 Å². The lowest BCUT2D eigenvalue weighted by Gasteiger charge is -2.12. The minimum atomic E-state index is -4.44. The number of hydrogen-bond acceptors (Lipinski definition) is 3. The molecule has 150 valence electrons. The van der Waals surface area contributed by atoms with Gasteiger partial charge in [-0.05, 0) is 44.5 Å². The van der Waals surface area contributed by atoms with Crippen molar-refractivity contribution in [2.75, 3.05) is 11.9 Å². The first-order chi connectivity index (χ1) is 12.3. The van der Waals surface area contributed by atoms with Crippen LogP contribution in [0.3, 0.4) is 0 Å². The number of aromatic nitrogens is 2. The number of nitrogens with one attached hydrogen (secondary N) is 1. The van der Waals surface area contributed by atoms with Crippen LogP contribution >= 0.6 is 12.4 Å². The first kappa shape index (κ1) is 23.0. The Hall–Kier alpha value is -2.06. The first-order valence-corrected chi connectivity index (χ1v) is 8.55. The zero-order chi connectivity index (χ0) is 19.2. The molecular formula is C18H24ClF3N4O. The molecule has 0 atom stereocenters. The van der Waals surface area contributed by atoms with Crippen molar-refractivity contribution in [2.45, 2.75) is 45.2 Å². The number of alkyl halides is 3. The van der Waals surface area contributed by atoms with Gasteiger partial charge in [0.1, 0.15) is 5.82 Å². The van der Waals surface area contributed by atoms with Gasteiger partial charge in [0.05, 0.1) is 16.9 Å². The monoisotopic (exact) mass is 404 g/mol. The van der Waals surface area contributed by atoms with Crippen LogP contribution in [0.5, 0.6) is 0 Å². The van der Waals surface area contributed by atoms with E-state index in [0.29, 0.717) is 24.5 Å². The number of carbonyl (C=O) groups is 1. The van der Waals surface area contributed by atoms with Gasteiger partial charge < -0.3 is 11.1 Å². The predicted molar refractivity (Wildman–Crippen MR) is 101 cm³/mol. The summed E-state index contributed by atoms with van der Waals surface area (Å²) < 4.78 is 40.1. The fourth-order valence-corrected chi connectivity index (χ4v) is 2.59. The van der Waals surface area contributed by atoms with E-state index >= 15 is 0 Å². The Labute approximate surface area is 162 Å². The van der Waals surface area contributed by atoms with Gasteiger partial charge in [-0.1, -0.05) is 18.9 Å². The zero-order valence-electron chi connectivity index (χ0n) is 15.1.